The second-order valence-corrected chi connectivity index (χ2v) is 13.6. The first-order chi connectivity index (χ1) is 11.6. The fourth-order valence-electron chi connectivity index (χ4n) is 2.79. The summed E-state index contributed by atoms with van der Waals surface area (Å²) in [5.41, 5.74) is 0. The molecule has 2 rings (SSSR count). The predicted molar refractivity (Wildman–Crippen MR) is 105 cm³/mol. The molecule has 3 nitrogen and oxygen atoms in total. The number of carbonyl (C=O) groups excluding carboxylic acids is 1. The summed E-state index contributed by atoms with van der Waals surface area (Å²) in [7, 11) is -1.89. The van der Waals surface area contributed by atoms with Crippen molar-refractivity contribution in [2.24, 2.45) is 11.8 Å². The van der Waals surface area contributed by atoms with Crippen molar-refractivity contribution in [1.29, 1.82) is 0 Å². The lowest BCUT2D eigenvalue weighted by Crippen LogP contribution is -2.43. The Labute approximate surface area is 154 Å². The van der Waals surface area contributed by atoms with Gasteiger partial charge in [0.1, 0.15) is 6.10 Å². The monoisotopic (exact) mass is 360 g/mol. The van der Waals surface area contributed by atoms with E-state index in [1.807, 2.05) is 6.92 Å². The number of ether oxygens (including phenoxy) is 1. The Bertz CT molecular complexity index is 601. The van der Waals surface area contributed by atoms with Crippen molar-refractivity contribution >= 4 is 14.3 Å². The normalized spacial score (nSPS) is 33.1. The van der Waals surface area contributed by atoms with E-state index < -0.39 is 14.3 Å². The molecule has 4 atom stereocenters. The van der Waals surface area contributed by atoms with Crippen molar-refractivity contribution in [3.05, 3.63) is 24.3 Å². The molecule has 0 amide bonds. The van der Waals surface area contributed by atoms with Crippen molar-refractivity contribution in [1.82, 2.24) is 0 Å². The van der Waals surface area contributed by atoms with Gasteiger partial charge < -0.3 is 9.16 Å². The van der Waals surface area contributed by atoms with Crippen LogP contribution in [0.3, 0.4) is 0 Å². The van der Waals surface area contributed by atoms with E-state index in [1.165, 1.54) is 6.42 Å². The number of rotatable bonds is 2. The van der Waals surface area contributed by atoms with Crippen molar-refractivity contribution in [3.8, 4) is 11.8 Å². The minimum atomic E-state index is -1.89. The standard InChI is InChI=1S/C21H32O3Si/c1-16-14-18-15-17(18)10-7-8-11-19(12-9-13-20(22)23-16)24-25(5,6)21(2,3)4/h7-8,10-11,16-19H,12,14-15H2,1-6H3/b10-7-,11-8+/t16-,17-,18-,19?/m1/s1. The van der Waals surface area contributed by atoms with E-state index >= 15 is 0 Å². The van der Waals surface area contributed by atoms with E-state index in [4.69, 9.17) is 9.16 Å². The molecule has 0 aromatic rings. The molecule has 0 aromatic carbocycles. The SMILES string of the molecule is C[C@@H]1C[C@@H]2C[C@H]2/C=C\C=C\C(O[Si](C)(C)C(C)(C)C)CC#CC(=O)O1. The van der Waals surface area contributed by atoms with Gasteiger partial charge in [-0.2, -0.15) is 0 Å². The average Bonchev–Trinajstić information content (AvgIpc) is 3.18. The van der Waals surface area contributed by atoms with Crippen LogP contribution in [-0.4, -0.2) is 26.5 Å². The average molecular weight is 361 g/mol. The third-order valence-corrected chi connectivity index (χ3v) is 9.97. The molecule has 0 N–H and O–H groups in total. The highest BCUT2D eigenvalue weighted by Crippen LogP contribution is 2.43. The van der Waals surface area contributed by atoms with Gasteiger partial charge in [0.05, 0.1) is 6.10 Å². The molecular weight excluding hydrogens is 328 g/mol. The van der Waals surface area contributed by atoms with Crippen LogP contribution in [-0.2, 0) is 14.0 Å². The van der Waals surface area contributed by atoms with Gasteiger partial charge in [0.15, 0.2) is 8.32 Å². The Morgan fingerprint density at radius 3 is 2.56 bits per heavy atom. The maximum Gasteiger partial charge on any atom is 0.384 e. The lowest BCUT2D eigenvalue weighted by Gasteiger charge is -2.38. The van der Waals surface area contributed by atoms with Gasteiger partial charge in [-0.3, -0.25) is 0 Å². The van der Waals surface area contributed by atoms with Gasteiger partial charge in [-0.05, 0) is 49.7 Å². The molecule has 4 heteroatoms. The lowest BCUT2D eigenvalue weighted by atomic mass is 10.1. The molecule has 0 bridgehead atoms. The summed E-state index contributed by atoms with van der Waals surface area (Å²) in [5, 5.41) is 0.138. The van der Waals surface area contributed by atoms with Crippen LogP contribution in [0.5, 0.6) is 0 Å². The number of carbonyl (C=O) groups is 1. The first-order valence-corrected chi connectivity index (χ1v) is 12.2. The Morgan fingerprint density at radius 1 is 1.20 bits per heavy atom. The number of hydrogen-bond donors (Lipinski definition) is 0. The Kier molecular flexibility index (Phi) is 6.34. The number of cyclic esters (lactones) is 1. The van der Waals surface area contributed by atoms with Crippen LogP contribution in [0.25, 0.3) is 0 Å². The van der Waals surface area contributed by atoms with E-state index in [0.717, 1.165) is 6.42 Å². The van der Waals surface area contributed by atoms with E-state index in [9.17, 15) is 4.79 Å². The molecule has 1 saturated carbocycles. The zero-order chi connectivity index (χ0) is 18.7. The van der Waals surface area contributed by atoms with Crippen LogP contribution in [0.4, 0.5) is 0 Å². The van der Waals surface area contributed by atoms with Gasteiger partial charge in [-0.1, -0.05) is 51.0 Å². The summed E-state index contributed by atoms with van der Waals surface area (Å²) in [6.07, 6.45) is 11.0. The van der Waals surface area contributed by atoms with Crippen molar-refractivity contribution in [2.75, 3.05) is 0 Å². The van der Waals surface area contributed by atoms with E-state index in [0.29, 0.717) is 18.3 Å². The minimum absolute atomic E-state index is 0.0667. The largest absolute Gasteiger partial charge is 0.453 e. The summed E-state index contributed by atoms with van der Waals surface area (Å²) in [4.78, 5) is 11.9. The molecular formula is C21H32O3Si. The van der Waals surface area contributed by atoms with Gasteiger partial charge in [-0.25, -0.2) is 4.79 Å². The quantitative estimate of drug-likeness (QED) is 0.305. The number of fused-ring (bicyclic) bond motifs is 1. The Morgan fingerprint density at radius 2 is 1.88 bits per heavy atom. The highest BCUT2D eigenvalue weighted by atomic mass is 28.4. The highest BCUT2D eigenvalue weighted by molar-refractivity contribution is 6.74. The van der Waals surface area contributed by atoms with E-state index in [1.54, 1.807) is 0 Å². The molecule has 0 radical (unpaired) electrons. The molecule has 1 unspecified atom stereocenters. The second kappa shape index (κ2) is 7.93. The molecule has 0 aromatic heterocycles. The summed E-state index contributed by atoms with van der Waals surface area (Å²) in [6, 6.07) is 0. The molecule has 1 aliphatic carbocycles. The van der Waals surface area contributed by atoms with Crippen molar-refractivity contribution in [2.45, 2.75) is 77.3 Å². The Balaban J connectivity index is 2.13. The van der Waals surface area contributed by atoms with E-state index in [2.05, 4.69) is 70.0 Å². The van der Waals surface area contributed by atoms with Crippen LogP contribution in [0, 0.1) is 23.7 Å². The van der Waals surface area contributed by atoms with Crippen LogP contribution in [0.15, 0.2) is 24.3 Å². The topological polar surface area (TPSA) is 35.5 Å². The fourth-order valence-corrected chi connectivity index (χ4v) is 4.06. The van der Waals surface area contributed by atoms with Gasteiger partial charge in [0.25, 0.3) is 0 Å². The number of allylic oxidation sites excluding steroid dienone is 3. The number of esters is 1. The third kappa shape index (κ3) is 6.16. The smallest absolute Gasteiger partial charge is 0.384 e. The maximum atomic E-state index is 11.9. The molecule has 1 fully saturated rings. The van der Waals surface area contributed by atoms with Gasteiger partial charge in [0.2, 0.25) is 0 Å². The third-order valence-electron chi connectivity index (χ3n) is 5.46. The summed E-state index contributed by atoms with van der Waals surface area (Å²) in [5.74, 6) is 6.39. The van der Waals surface area contributed by atoms with Crippen molar-refractivity contribution in [3.63, 3.8) is 0 Å². The summed E-state index contributed by atoms with van der Waals surface area (Å²) < 4.78 is 11.9. The van der Waals surface area contributed by atoms with Gasteiger partial charge in [0, 0.05) is 12.3 Å². The van der Waals surface area contributed by atoms with E-state index in [-0.39, 0.29) is 17.2 Å². The van der Waals surface area contributed by atoms with Gasteiger partial charge in [-0.15, -0.1) is 0 Å². The summed E-state index contributed by atoms with van der Waals surface area (Å²) >= 11 is 0. The second-order valence-electron chi connectivity index (χ2n) is 8.80. The fraction of sp³-hybridized carbons (Fsp3) is 0.667. The Hall–Kier alpha value is -1.31. The molecule has 1 aliphatic heterocycles. The van der Waals surface area contributed by atoms with Crippen LogP contribution in [0.1, 0.15) is 47.0 Å². The molecule has 25 heavy (non-hydrogen) atoms. The van der Waals surface area contributed by atoms with Crippen LogP contribution >= 0.6 is 0 Å². The number of hydrogen-bond acceptors (Lipinski definition) is 3. The van der Waals surface area contributed by atoms with Crippen LogP contribution < -0.4 is 0 Å². The molecule has 0 spiro atoms. The van der Waals surface area contributed by atoms with Crippen LogP contribution in [0.2, 0.25) is 18.1 Å². The highest BCUT2D eigenvalue weighted by Gasteiger charge is 2.39. The first-order valence-electron chi connectivity index (χ1n) is 9.31. The zero-order valence-corrected chi connectivity index (χ0v) is 17.5. The van der Waals surface area contributed by atoms with Gasteiger partial charge >= 0.3 is 5.97 Å². The molecule has 2 aliphatic rings. The molecule has 138 valence electrons. The zero-order valence-electron chi connectivity index (χ0n) is 16.5. The lowest BCUT2D eigenvalue weighted by molar-refractivity contribution is -0.141. The maximum absolute atomic E-state index is 11.9. The first kappa shape index (κ1) is 20.0. The summed E-state index contributed by atoms with van der Waals surface area (Å²) in [6.45, 7) is 13.1. The molecule has 0 saturated heterocycles. The molecule has 1 heterocycles. The van der Waals surface area contributed by atoms with Crippen molar-refractivity contribution < 1.29 is 14.0 Å². The predicted octanol–water partition coefficient (Wildman–Crippen LogP) is 4.85. The minimum Gasteiger partial charge on any atom is -0.453 e.